The van der Waals surface area contributed by atoms with E-state index >= 15 is 0 Å². The molecule has 2 N–H and O–H groups in total. The lowest BCUT2D eigenvalue weighted by atomic mass is 9.71. The van der Waals surface area contributed by atoms with Crippen LogP contribution in [0.2, 0.25) is 5.02 Å². The summed E-state index contributed by atoms with van der Waals surface area (Å²) < 4.78 is 5.99. The Morgan fingerprint density at radius 1 is 1.22 bits per heavy atom. The highest BCUT2D eigenvalue weighted by atomic mass is 35.5. The van der Waals surface area contributed by atoms with Gasteiger partial charge in [0.2, 0.25) is 0 Å². The minimum Gasteiger partial charge on any atom is -0.488 e. The lowest BCUT2D eigenvalue weighted by molar-refractivity contribution is 0.0898. The summed E-state index contributed by atoms with van der Waals surface area (Å²) in [5.74, 6) is 1.60. The van der Waals surface area contributed by atoms with E-state index in [-0.39, 0.29) is 31.2 Å². The van der Waals surface area contributed by atoms with Crippen LogP contribution in [0.1, 0.15) is 56.8 Å². The summed E-state index contributed by atoms with van der Waals surface area (Å²) >= 11 is 6.42. The van der Waals surface area contributed by atoms with Crippen LogP contribution in [-0.2, 0) is 0 Å². The molecule has 1 saturated carbocycles. The number of halogens is 1. The SMILES string of the molecule is CC(C)(C)C1CCC(NC(=O)c2cccc3c2OCC(CO)N3c2ncccc2Cl)CC1. The summed E-state index contributed by atoms with van der Waals surface area (Å²) in [6.07, 6.45) is 5.90. The van der Waals surface area contributed by atoms with Crippen LogP contribution in [0, 0.1) is 11.3 Å². The number of pyridine rings is 1. The van der Waals surface area contributed by atoms with Crippen LogP contribution in [-0.4, -0.2) is 41.3 Å². The maximum Gasteiger partial charge on any atom is 0.255 e. The van der Waals surface area contributed by atoms with Crippen molar-refractivity contribution < 1.29 is 14.6 Å². The molecule has 1 atom stereocenters. The van der Waals surface area contributed by atoms with Gasteiger partial charge in [-0.3, -0.25) is 4.79 Å². The van der Waals surface area contributed by atoms with Crippen molar-refractivity contribution in [3.8, 4) is 5.75 Å². The van der Waals surface area contributed by atoms with Crippen molar-refractivity contribution in [2.24, 2.45) is 11.3 Å². The highest BCUT2D eigenvalue weighted by Crippen LogP contribution is 2.43. The Hall–Kier alpha value is -2.31. The molecular weight excluding hydrogens is 426 g/mol. The first kappa shape index (κ1) is 22.9. The summed E-state index contributed by atoms with van der Waals surface area (Å²) in [4.78, 5) is 19.5. The van der Waals surface area contributed by atoms with Gasteiger partial charge < -0.3 is 20.1 Å². The zero-order valence-corrected chi connectivity index (χ0v) is 19.7. The maximum atomic E-state index is 13.2. The second-order valence-corrected chi connectivity index (χ2v) is 10.3. The number of ether oxygens (including phenoxy) is 1. The van der Waals surface area contributed by atoms with Gasteiger partial charge >= 0.3 is 0 Å². The van der Waals surface area contributed by atoms with Crippen LogP contribution in [0.4, 0.5) is 11.5 Å². The van der Waals surface area contributed by atoms with Gasteiger partial charge in [-0.2, -0.15) is 0 Å². The predicted octanol–water partition coefficient (Wildman–Crippen LogP) is 4.96. The molecule has 1 amide bonds. The molecule has 32 heavy (non-hydrogen) atoms. The fourth-order valence-corrected chi connectivity index (χ4v) is 5.05. The highest BCUT2D eigenvalue weighted by Gasteiger charge is 2.34. The smallest absolute Gasteiger partial charge is 0.255 e. The number of anilines is 2. The first-order chi connectivity index (χ1) is 15.3. The summed E-state index contributed by atoms with van der Waals surface area (Å²) in [6, 6.07) is 8.84. The molecule has 2 heterocycles. The third kappa shape index (κ3) is 4.57. The molecule has 6 nitrogen and oxygen atoms in total. The van der Waals surface area contributed by atoms with Crippen molar-refractivity contribution in [1.29, 1.82) is 0 Å². The molecule has 1 aromatic carbocycles. The van der Waals surface area contributed by atoms with E-state index < -0.39 is 0 Å². The first-order valence-corrected chi connectivity index (χ1v) is 11.7. The Bertz CT molecular complexity index is 967. The lowest BCUT2D eigenvalue weighted by Crippen LogP contribution is -2.44. The molecule has 1 unspecified atom stereocenters. The fraction of sp³-hybridized carbons (Fsp3) is 0.520. The number of nitrogens with one attached hydrogen (secondary N) is 1. The number of fused-ring (bicyclic) bond motifs is 1. The monoisotopic (exact) mass is 457 g/mol. The average molecular weight is 458 g/mol. The van der Waals surface area contributed by atoms with E-state index in [1.54, 1.807) is 24.4 Å². The number of aliphatic hydroxyl groups is 1. The predicted molar refractivity (Wildman–Crippen MR) is 127 cm³/mol. The molecule has 7 heteroatoms. The van der Waals surface area contributed by atoms with Crippen LogP contribution in [0.5, 0.6) is 5.75 Å². The van der Waals surface area contributed by atoms with Gasteiger partial charge in [-0.25, -0.2) is 4.98 Å². The lowest BCUT2D eigenvalue weighted by Gasteiger charge is -2.38. The largest absolute Gasteiger partial charge is 0.488 e. The number of rotatable bonds is 4. The van der Waals surface area contributed by atoms with E-state index in [0.29, 0.717) is 39.2 Å². The molecule has 0 saturated heterocycles. The second kappa shape index (κ2) is 9.28. The van der Waals surface area contributed by atoms with E-state index in [0.717, 1.165) is 25.7 Å². The van der Waals surface area contributed by atoms with Gasteiger partial charge in [0.15, 0.2) is 11.6 Å². The Morgan fingerprint density at radius 3 is 2.62 bits per heavy atom. The van der Waals surface area contributed by atoms with Crippen molar-refractivity contribution in [2.75, 3.05) is 18.1 Å². The van der Waals surface area contributed by atoms with E-state index in [1.807, 2.05) is 17.0 Å². The van der Waals surface area contributed by atoms with Gasteiger partial charge in [-0.15, -0.1) is 0 Å². The summed E-state index contributed by atoms with van der Waals surface area (Å²) in [5, 5.41) is 13.6. The molecule has 0 bridgehead atoms. The van der Waals surface area contributed by atoms with Crippen LogP contribution in [0.15, 0.2) is 36.5 Å². The number of carbonyl (C=O) groups is 1. The highest BCUT2D eigenvalue weighted by molar-refractivity contribution is 6.33. The fourth-order valence-electron chi connectivity index (χ4n) is 4.84. The van der Waals surface area contributed by atoms with Gasteiger partial charge in [0.05, 0.1) is 28.9 Å². The van der Waals surface area contributed by atoms with Crippen LogP contribution >= 0.6 is 11.6 Å². The van der Waals surface area contributed by atoms with E-state index in [1.165, 1.54) is 0 Å². The molecule has 1 aliphatic heterocycles. The minimum absolute atomic E-state index is 0.125. The van der Waals surface area contributed by atoms with Crippen LogP contribution < -0.4 is 15.0 Å². The molecule has 172 valence electrons. The molecule has 1 aromatic heterocycles. The van der Waals surface area contributed by atoms with E-state index in [9.17, 15) is 9.90 Å². The topological polar surface area (TPSA) is 74.7 Å². The number of hydrogen-bond donors (Lipinski definition) is 2. The van der Waals surface area contributed by atoms with Crippen molar-refractivity contribution in [3.05, 3.63) is 47.1 Å². The zero-order chi connectivity index (χ0) is 22.9. The van der Waals surface area contributed by atoms with Gasteiger partial charge in [-0.05, 0) is 61.3 Å². The van der Waals surface area contributed by atoms with E-state index in [4.69, 9.17) is 16.3 Å². The zero-order valence-electron chi connectivity index (χ0n) is 19.0. The molecule has 1 aliphatic carbocycles. The second-order valence-electron chi connectivity index (χ2n) is 9.87. The number of aromatic nitrogens is 1. The number of hydrogen-bond acceptors (Lipinski definition) is 5. The molecule has 0 radical (unpaired) electrons. The number of carbonyl (C=O) groups excluding carboxylic acids is 1. The van der Waals surface area contributed by atoms with Crippen molar-refractivity contribution in [2.45, 2.75) is 58.5 Å². The summed E-state index contributed by atoms with van der Waals surface area (Å²) in [7, 11) is 0. The van der Waals surface area contributed by atoms with Crippen molar-refractivity contribution >= 4 is 29.0 Å². The van der Waals surface area contributed by atoms with Gasteiger partial charge in [0.25, 0.3) is 5.91 Å². The Kier molecular flexibility index (Phi) is 6.63. The number of benzene rings is 1. The van der Waals surface area contributed by atoms with Crippen molar-refractivity contribution in [1.82, 2.24) is 10.3 Å². The normalized spacial score (nSPS) is 23.3. The third-order valence-electron chi connectivity index (χ3n) is 6.75. The van der Waals surface area contributed by atoms with Crippen LogP contribution in [0.3, 0.4) is 0 Å². The average Bonchev–Trinajstić information content (AvgIpc) is 2.78. The minimum atomic E-state index is -0.346. The Balaban J connectivity index is 1.57. The number of aliphatic hydroxyl groups excluding tert-OH is 1. The first-order valence-electron chi connectivity index (χ1n) is 11.4. The third-order valence-corrected chi connectivity index (χ3v) is 7.04. The maximum absolute atomic E-state index is 13.2. The number of nitrogens with zero attached hydrogens (tertiary/aromatic N) is 2. The van der Waals surface area contributed by atoms with E-state index in [2.05, 4.69) is 31.1 Å². The summed E-state index contributed by atoms with van der Waals surface area (Å²) in [6.45, 7) is 6.99. The molecule has 2 aromatic rings. The van der Waals surface area contributed by atoms with Gasteiger partial charge in [-0.1, -0.05) is 38.4 Å². The van der Waals surface area contributed by atoms with Gasteiger partial charge in [0.1, 0.15) is 6.61 Å². The van der Waals surface area contributed by atoms with Crippen molar-refractivity contribution in [3.63, 3.8) is 0 Å². The summed E-state index contributed by atoms with van der Waals surface area (Å²) in [5.41, 5.74) is 1.48. The van der Waals surface area contributed by atoms with Crippen LogP contribution in [0.25, 0.3) is 0 Å². The standard InChI is InChI=1S/C25H32ClN3O3/c1-25(2,3)16-9-11-17(12-10-16)28-24(31)19-6-4-8-21-22(19)32-15-18(14-30)29(21)23-20(26)7-5-13-27-23/h4-8,13,16-18,30H,9-12,14-15H2,1-3H3,(H,28,31). The Morgan fingerprint density at radius 2 is 1.97 bits per heavy atom. The quantitative estimate of drug-likeness (QED) is 0.678. The number of amides is 1. The Labute approximate surface area is 194 Å². The van der Waals surface area contributed by atoms with Gasteiger partial charge in [0, 0.05) is 12.2 Å². The molecule has 2 aliphatic rings. The molecule has 1 fully saturated rings. The number of para-hydroxylation sites is 1. The molecule has 4 rings (SSSR count). The molecular formula is C25H32ClN3O3. The molecule has 0 spiro atoms.